The van der Waals surface area contributed by atoms with Gasteiger partial charge in [0.05, 0.1) is 5.69 Å². The largest absolute Gasteiger partial charge is 0.399 e. The average Bonchev–Trinajstić information content (AvgIpc) is 2.72. The first-order chi connectivity index (χ1) is 8.22. The molecular formula is C14H17N3. The Bertz CT molecular complexity index is 525. The van der Waals surface area contributed by atoms with Crippen LogP contribution in [0.2, 0.25) is 0 Å². The maximum Gasteiger partial charge on any atom is 0.109 e. The molecule has 1 aromatic heterocycles. The summed E-state index contributed by atoms with van der Waals surface area (Å²) in [6, 6.07) is 7.92. The number of nitrogen functional groups attached to an aromatic ring is 1. The van der Waals surface area contributed by atoms with Crippen LogP contribution in [0.3, 0.4) is 0 Å². The van der Waals surface area contributed by atoms with E-state index in [9.17, 15) is 0 Å². The predicted molar refractivity (Wildman–Crippen MR) is 69.6 cm³/mol. The van der Waals surface area contributed by atoms with Gasteiger partial charge in [-0.2, -0.15) is 0 Å². The van der Waals surface area contributed by atoms with Gasteiger partial charge in [0, 0.05) is 30.4 Å². The Balaban J connectivity index is 1.97. The Labute approximate surface area is 101 Å². The molecule has 3 rings (SSSR count). The van der Waals surface area contributed by atoms with Crippen molar-refractivity contribution in [3.63, 3.8) is 0 Å². The van der Waals surface area contributed by atoms with E-state index in [1.165, 1.54) is 12.2 Å². The highest BCUT2D eigenvalue weighted by Crippen LogP contribution is 2.25. The number of hydrogen-bond donors (Lipinski definition) is 1. The van der Waals surface area contributed by atoms with Gasteiger partial charge >= 0.3 is 0 Å². The van der Waals surface area contributed by atoms with Crippen LogP contribution in [0, 0.1) is 5.92 Å². The molecule has 1 aliphatic rings. The summed E-state index contributed by atoms with van der Waals surface area (Å²) in [6.45, 7) is 3.39. The van der Waals surface area contributed by atoms with Crippen LogP contribution in [0.1, 0.15) is 19.2 Å². The third-order valence-corrected chi connectivity index (χ3v) is 3.46. The van der Waals surface area contributed by atoms with E-state index in [-0.39, 0.29) is 0 Å². The molecule has 1 atom stereocenters. The van der Waals surface area contributed by atoms with Crippen molar-refractivity contribution < 1.29 is 0 Å². The maximum atomic E-state index is 5.69. The first kappa shape index (κ1) is 10.4. The molecule has 1 aromatic carbocycles. The molecule has 3 heteroatoms. The molecule has 0 unspecified atom stereocenters. The van der Waals surface area contributed by atoms with Crippen molar-refractivity contribution in [2.75, 3.05) is 5.73 Å². The highest BCUT2D eigenvalue weighted by atomic mass is 15.1. The van der Waals surface area contributed by atoms with Gasteiger partial charge in [-0.25, -0.2) is 4.98 Å². The van der Waals surface area contributed by atoms with Gasteiger partial charge in [0.15, 0.2) is 0 Å². The van der Waals surface area contributed by atoms with Crippen LogP contribution < -0.4 is 5.73 Å². The number of hydrogen-bond acceptors (Lipinski definition) is 2. The third-order valence-electron chi connectivity index (χ3n) is 3.46. The average molecular weight is 227 g/mol. The molecule has 0 saturated carbocycles. The normalized spacial score (nSPS) is 19.0. The Morgan fingerprint density at radius 3 is 2.82 bits per heavy atom. The molecule has 2 N–H and O–H groups in total. The van der Waals surface area contributed by atoms with Crippen LogP contribution >= 0.6 is 0 Å². The summed E-state index contributed by atoms with van der Waals surface area (Å²) < 4.78 is 2.28. The lowest BCUT2D eigenvalue weighted by atomic mass is 10.0. The molecule has 2 heterocycles. The fourth-order valence-corrected chi connectivity index (χ4v) is 2.38. The minimum Gasteiger partial charge on any atom is -0.399 e. The van der Waals surface area contributed by atoms with Crippen molar-refractivity contribution >= 4 is 5.69 Å². The lowest BCUT2D eigenvalue weighted by Gasteiger charge is -2.18. The van der Waals surface area contributed by atoms with E-state index >= 15 is 0 Å². The lowest BCUT2D eigenvalue weighted by molar-refractivity contribution is 0.409. The van der Waals surface area contributed by atoms with Gasteiger partial charge in [-0.15, -0.1) is 0 Å². The van der Waals surface area contributed by atoms with Crippen LogP contribution in [-0.4, -0.2) is 9.55 Å². The molecule has 1 aliphatic heterocycles. The van der Waals surface area contributed by atoms with Crippen LogP contribution in [0.4, 0.5) is 5.69 Å². The summed E-state index contributed by atoms with van der Waals surface area (Å²) in [5.74, 6) is 1.97. The highest BCUT2D eigenvalue weighted by Gasteiger charge is 2.17. The summed E-state index contributed by atoms with van der Waals surface area (Å²) in [5.41, 5.74) is 8.70. The van der Waals surface area contributed by atoms with Crippen molar-refractivity contribution in [1.82, 2.24) is 9.55 Å². The summed E-state index contributed by atoms with van der Waals surface area (Å²) in [5, 5.41) is 0. The number of anilines is 1. The molecule has 0 fully saturated rings. The van der Waals surface area contributed by atoms with Crippen molar-refractivity contribution in [3.05, 3.63) is 36.3 Å². The minimum atomic E-state index is 0.754. The van der Waals surface area contributed by atoms with Gasteiger partial charge in [-0.1, -0.05) is 19.1 Å². The molecule has 0 spiro atoms. The molecule has 0 aliphatic carbocycles. The summed E-state index contributed by atoms with van der Waals surface area (Å²) in [4.78, 5) is 4.72. The molecule has 0 saturated heterocycles. The number of nitrogens with zero attached hydrogens (tertiary/aromatic N) is 2. The van der Waals surface area contributed by atoms with Gasteiger partial charge in [-0.3, -0.25) is 0 Å². The number of fused-ring (bicyclic) bond motifs is 1. The molecule has 0 radical (unpaired) electrons. The second-order valence-corrected chi connectivity index (χ2v) is 4.96. The molecule has 2 aromatic rings. The van der Waals surface area contributed by atoms with Crippen LogP contribution in [-0.2, 0) is 13.0 Å². The van der Waals surface area contributed by atoms with Crippen molar-refractivity contribution in [1.29, 1.82) is 0 Å². The van der Waals surface area contributed by atoms with Crippen molar-refractivity contribution in [2.24, 2.45) is 5.92 Å². The number of rotatable bonds is 1. The van der Waals surface area contributed by atoms with Crippen molar-refractivity contribution in [3.8, 4) is 11.3 Å². The molecule has 17 heavy (non-hydrogen) atoms. The summed E-state index contributed by atoms with van der Waals surface area (Å²) in [7, 11) is 0. The predicted octanol–water partition coefficient (Wildman–Crippen LogP) is 2.71. The van der Waals surface area contributed by atoms with Gasteiger partial charge in [0.1, 0.15) is 5.82 Å². The topological polar surface area (TPSA) is 43.8 Å². The zero-order valence-electron chi connectivity index (χ0n) is 10.1. The summed E-state index contributed by atoms with van der Waals surface area (Å²) in [6.07, 6.45) is 4.51. The van der Waals surface area contributed by atoms with Gasteiger partial charge < -0.3 is 10.3 Å². The lowest BCUT2D eigenvalue weighted by Crippen LogP contribution is -2.16. The second-order valence-electron chi connectivity index (χ2n) is 4.96. The maximum absolute atomic E-state index is 5.69. The van der Waals surface area contributed by atoms with E-state index in [1.807, 2.05) is 24.3 Å². The third kappa shape index (κ3) is 1.93. The van der Waals surface area contributed by atoms with E-state index < -0.39 is 0 Å². The summed E-state index contributed by atoms with van der Waals surface area (Å²) >= 11 is 0. The molecule has 3 nitrogen and oxygen atoms in total. The van der Waals surface area contributed by atoms with E-state index in [0.29, 0.717) is 0 Å². The van der Waals surface area contributed by atoms with E-state index in [2.05, 4.69) is 17.7 Å². The van der Waals surface area contributed by atoms with Crippen LogP contribution in [0.15, 0.2) is 30.5 Å². The SMILES string of the molecule is C[C@@H]1CCn2cc(-c3ccc(N)cc3)nc2C1. The molecule has 0 amide bonds. The molecule has 88 valence electrons. The Kier molecular flexibility index (Phi) is 2.39. The van der Waals surface area contributed by atoms with Gasteiger partial charge in [0.2, 0.25) is 0 Å². The fourth-order valence-electron chi connectivity index (χ4n) is 2.38. The Hall–Kier alpha value is -1.77. The minimum absolute atomic E-state index is 0.754. The first-order valence-corrected chi connectivity index (χ1v) is 6.14. The van der Waals surface area contributed by atoms with Gasteiger partial charge in [-0.05, 0) is 24.5 Å². The van der Waals surface area contributed by atoms with E-state index in [0.717, 1.165) is 35.8 Å². The monoisotopic (exact) mass is 227 g/mol. The van der Waals surface area contributed by atoms with Crippen LogP contribution in [0.5, 0.6) is 0 Å². The standard InChI is InChI=1S/C14H17N3/c1-10-6-7-17-9-13(16-14(17)8-10)11-2-4-12(15)5-3-11/h2-5,9-10H,6-8,15H2,1H3/t10-/m1/s1. The van der Waals surface area contributed by atoms with E-state index in [4.69, 9.17) is 10.7 Å². The number of benzene rings is 1. The van der Waals surface area contributed by atoms with E-state index in [1.54, 1.807) is 0 Å². The fraction of sp³-hybridized carbons (Fsp3) is 0.357. The second kappa shape index (κ2) is 3.91. The number of imidazole rings is 1. The molecule has 0 bridgehead atoms. The van der Waals surface area contributed by atoms with Crippen molar-refractivity contribution in [2.45, 2.75) is 26.3 Å². The number of nitrogens with two attached hydrogens (primary N) is 1. The molecular weight excluding hydrogens is 210 g/mol. The van der Waals surface area contributed by atoms with Gasteiger partial charge in [0.25, 0.3) is 0 Å². The zero-order chi connectivity index (χ0) is 11.8. The Morgan fingerprint density at radius 2 is 2.06 bits per heavy atom. The number of aromatic nitrogens is 2. The highest BCUT2D eigenvalue weighted by molar-refractivity contribution is 5.61. The zero-order valence-corrected chi connectivity index (χ0v) is 10.1. The van der Waals surface area contributed by atoms with Crippen LogP contribution in [0.25, 0.3) is 11.3 Å². The Morgan fingerprint density at radius 1 is 1.29 bits per heavy atom. The quantitative estimate of drug-likeness (QED) is 0.761. The smallest absolute Gasteiger partial charge is 0.109 e. The first-order valence-electron chi connectivity index (χ1n) is 6.14. The number of aryl methyl sites for hydroxylation is 1.